The van der Waals surface area contributed by atoms with E-state index in [0.717, 1.165) is 24.0 Å². The van der Waals surface area contributed by atoms with Crippen LogP contribution in [0.25, 0.3) is 0 Å². The quantitative estimate of drug-likeness (QED) is 0.684. The molecule has 1 saturated carbocycles. The van der Waals surface area contributed by atoms with E-state index >= 15 is 0 Å². The summed E-state index contributed by atoms with van der Waals surface area (Å²) in [6.45, 7) is 10.0. The van der Waals surface area contributed by atoms with Crippen molar-refractivity contribution in [2.75, 3.05) is 0 Å². The van der Waals surface area contributed by atoms with Crippen molar-refractivity contribution in [3.05, 3.63) is 28.3 Å². The first-order chi connectivity index (χ1) is 12.4. The summed E-state index contributed by atoms with van der Waals surface area (Å²) >= 11 is 0. The third kappa shape index (κ3) is 5.07. The van der Waals surface area contributed by atoms with Crippen LogP contribution in [0.1, 0.15) is 48.9 Å². The fraction of sp³-hybridized carbons (Fsp3) is 0.579. The van der Waals surface area contributed by atoms with Crippen LogP contribution in [-0.2, 0) is 24.3 Å². The van der Waals surface area contributed by atoms with Gasteiger partial charge in [0, 0.05) is 6.04 Å². The molecular weight excluding hydrogens is 368 g/mol. The molecule has 0 spiro atoms. The van der Waals surface area contributed by atoms with Gasteiger partial charge < -0.3 is 10.1 Å². The third-order valence-electron chi connectivity index (χ3n) is 4.84. The Labute approximate surface area is 160 Å². The van der Waals surface area contributed by atoms with Gasteiger partial charge in [-0.05, 0) is 76.6 Å². The van der Waals surface area contributed by atoms with E-state index in [2.05, 4.69) is 10.0 Å². The van der Waals surface area contributed by atoms with Crippen LogP contribution in [0.15, 0.2) is 11.0 Å². The maximum Gasteiger partial charge on any atom is 0.324 e. The fourth-order valence-corrected chi connectivity index (χ4v) is 4.61. The first kappa shape index (κ1) is 21.4. The molecule has 1 aliphatic rings. The first-order valence-corrected chi connectivity index (χ1v) is 10.5. The number of hydrogen-bond donors (Lipinski definition) is 2. The van der Waals surface area contributed by atoms with Gasteiger partial charge in [0.2, 0.25) is 10.0 Å². The van der Waals surface area contributed by atoms with E-state index in [1.54, 1.807) is 13.8 Å². The normalized spacial score (nSPS) is 16.5. The number of sulfonamides is 1. The second-order valence-electron chi connectivity index (χ2n) is 7.29. The van der Waals surface area contributed by atoms with E-state index < -0.39 is 28.1 Å². The largest absolute Gasteiger partial charge is 0.451 e. The lowest BCUT2D eigenvalue weighted by atomic mass is 10.0. The highest BCUT2D eigenvalue weighted by molar-refractivity contribution is 7.89. The second-order valence-corrected chi connectivity index (χ2v) is 8.95. The number of hydrogen-bond acceptors (Lipinski definition) is 5. The Hall–Kier alpha value is -1.93. The Morgan fingerprint density at radius 3 is 2.07 bits per heavy atom. The maximum atomic E-state index is 12.9. The molecule has 0 aliphatic heterocycles. The second kappa shape index (κ2) is 7.98. The fourth-order valence-electron chi connectivity index (χ4n) is 2.80. The standard InChI is InChI=1S/C19H28N2O5S/c1-10-9-11(2)13(4)17(12(10)3)27(24,25)21-14(5)19(23)26-15(6)18(22)20-16-7-8-16/h9,14-16,21H,7-8H2,1-6H3,(H,20,22)/t14-,15-/m0/s1. The van der Waals surface area contributed by atoms with Gasteiger partial charge in [-0.25, -0.2) is 8.42 Å². The summed E-state index contributed by atoms with van der Waals surface area (Å²) in [7, 11) is -3.93. The molecule has 2 rings (SSSR count). The van der Waals surface area contributed by atoms with Gasteiger partial charge in [0.1, 0.15) is 6.04 Å². The molecule has 1 aromatic rings. The Morgan fingerprint density at radius 2 is 1.59 bits per heavy atom. The summed E-state index contributed by atoms with van der Waals surface area (Å²) in [6.07, 6.45) is 0.879. The molecular formula is C19H28N2O5S. The van der Waals surface area contributed by atoms with Gasteiger partial charge in [-0.3, -0.25) is 9.59 Å². The van der Waals surface area contributed by atoms with Gasteiger partial charge in [0.05, 0.1) is 4.90 Å². The summed E-state index contributed by atoms with van der Waals surface area (Å²) in [6, 6.07) is 0.970. The lowest BCUT2D eigenvalue weighted by Gasteiger charge is -2.20. The van der Waals surface area contributed by atoms with Crippen molar-refractivity contribution in [1.29, 1.82) is 0 Å². The number of nitrogens with one attached hydrogen (secondary N) is 2. The molecule has 0 unspecified atom stereocenters. The topological polar surface area (TPSA) is 102 Å². The van der Waals surface area contributed by atoms with E-state index in [4.69, 9.17) is 4.74 Å². The van der Waals surface area contributed by atoms with Gasteiger partial charge in [-0.1, -0.05) is 6.07 Å². The molecule has 2 atom stereocenters. The van der Waals surface area contributed by atoms with Crippen molar-refractivity contribution < 1.29 is 22.7 Å². The Bertz CT molecular complexity index is 833. The predicted molar refractivity (Wildman–Crippen MR) is 102 cm³/mol. The van der Waals surface area contributed by atoms with Crippen LogP contribution in [0.2, 0.25) is 0 Å². The Kier molecular flexibility index (Phi) is 6.32. The summed E-state index contributed by atoms with van der Waals surface area (Å²) in [5, 5.41) is 2.74. The minimum Gasteiger partial charge on any atom is -0.451 e. The molecule has 1 aromatic carbocycles. The summed E-state index contributed by atoms with van der Waals surface area (Å²) in [4.78, 5) is 24.3. The van der Waals surface area contributed by atoms with Crippen molar-refractivity contribution in [3.8, 4) is 0 Å². The predicted octanol–water partition coefficient (Wildman–Crippen LogP) is 1.80. The van der Waals surface area contributed by atoms with Gasteiger partial charge in [0.15, 0.2) is 6.10 Å². The van der Waals surface area contributed by atoms with Crippen molar-refractivity contribution in [2.24, 2.45) is 0 Å². The highest BCUT2D eigenvalue weighted by atomic mass is 32.2. The lowest BCUT2D eigenvalue weighted by molar-refractivity contribution is -0.156. The number of esters is 1. The molecule has 0 aromatic heterocycles. The van der Waals surface area contributed by atoms with Crippen LogP contribution < -0.4 is 10.0 Å². The minimum atomic E-state index is -3.93. The Balaban J connectivity index is 2.10. The number of ether oxygens (including phenoxy) is 1. The highest BCUT2D eigenvalue weighted by Gasteiger charge is 2.30. The van der Waals surface area contributed by atoms with Gasteiger partial charge >= 0.3 is 5.97 Å². The lowest BCUT2D eigenvalue weighted by Crippen LogP contribution is -2.44. The molecule has 0 bridgehead atoms. The number of aryl methyl sites for hydroxylation is 2. The van der Waals surface area contributed by atoms with Crippen LogP contribution in [0.3, 0.4) is 0 Å². The van der Waals surface area contributed by atoms with Gasteiger partial charge in [-0.15, -0.1) is 0 Å². The summed E-state index contributed by atoms with van der Waals surface area (Å²) in [5.74, 6) is -1.17. The average molecular weight is 397 g/mol. The minimum absolute atomic E-state index is 0.157. The molecule has 7 nitrogen and oxygen atoms in total. The molecule has 0 saturated heterocycles. The number of carbonyl (C=O) groups is 2. The zero-order valence-electron chi connectivity index (χ0n) is 16.7. The van der Waals surface area contributed by atoms with Crippen molar-refractivity contribution >= 4 is 21.9 Å². The molecule has 1 amide bonds. The summed E-state index contributed by atoms with van der Waals surface area (Å²) in [5.41, 5.74) is 3.00. The molecule has 8 heteroatoms. The van der Waals surface area contributed by atoms with Crippen LogP contribution in [0, 0.1) is 27.7 Å². The zero-order valence-corrected chi connectivity index (χ0v) is 17.5. The van der Waals surface area contributed by atoms with Gasteiger partial charge in [-0.2, -0.15) is 4.72 Å². The van der Waals surface area contributed by atoms with E-state index in [1.165, 1.54) is 13.8 Å². The van der Waals surface area contributed by atoms with Crippen molar-refractivity contribution in [3.63, 3.8) is 0 Å². The van der Waals surface area contributed by atoms with E-state index in [-0.39, 0.29) is 16.8 Å². The maximum absolute atomic E-state index is 12.9. The SMILES string of the molecule is Cc1cc(C)c(C)c(S(=O)(=O)N[C@@H](C)C(=O)O[C@@H](C)C(=O)NC2CC2)c1C. The zero-order chi connectivity index (χ0) is 20.5. The molecule has 27 heavy (non-hydrogen) atoms. The van der Waals surface area contributed by atoms with Crippen LogP contribution in [-0.4, -0.2) is 38.5 Å². The van der Waals surface area contributed by atoms with Crippen LogP contribution >= 0.6 is 0 Å². The summed E-state index contributed by atoms with van der Waals surface area (Å²) < 4.78 is 33.2. The van der Waals surface area contributed by atoms with Crippen molar-refractivity contribution in [1.82, 2.24) is 10.0 Å². The van der Waals surface area contributed by atoms with E-state index in [0.29, 0.717) is 11.1 Å². The molecule has 150 valence electrons. The van der Waals surface area contributed by atoms with E-state index in [1.807, 2.05) is 19.9 Å². The third-order valence-corrected chi connectivity index (χ3v) is 6.65. The van der Waals surface area contributed by atoms with Gasteiger partial charge in [0.25, 0.3) is 5.91 Å². The molecule has 0 heterocycles. The molecule has 1 fully saturated rings. The number of benzene rings is 1. The van der Waals surface area contributed by atoms with Crippen LogP contribution in [0.4, 0.5) is 0 Å². The highest BCUT2D eigenvalue weighted by Crippen LogP contribution is 2.26. The molecule has 0 radical (unpaired) electrons. The van der Waals surface area contributed by atoms with Crippen molar-refractivity contribution in [2.45, 2.75) is 77.5 Å². The smallest absolute Gasteiger partial charge is 0.324 e. The number of carbonyl (C=O) groups excluding carboxylic acids is 2. The number of rotatable bonds is 7. The Morgan fingerprint density at radius 1 is 1.07 bits per heavy atom. The molecule has 1 aliphatic carbocycles. The average Bonchev–Trinajstić information content (AvgIpc) is 3.36. The molecule has 2 N–H and O–H groups in total. The van der Waals surface area contributed by atoms with E-state index in [9.17, 15) is 18.0 Å². The monoisotopic (exact) mass is 396 g/mol. The van der Waals surface area contributed by atoms with Crippen LogP contribution in [0.5, 0.6) is 0 Å². The first-order valence-electron chi connectivity index (χ1n) is 9.04. The number of amides is 1.